The minimum atomic E-state index is 0.487. The van der Waals surface area contributed by atoms with E-state index in [4.69, 9.17) is 0 Å². The molecule has 0 aromatic heterocycles. The first-order valence-electron chi connectivity index (χ1n) is 7.49. The third kappa shape index (κ3) is 5.39. The predicted molar refractivity (Wildman–Crippen MR) is 74.3 cm³/mol. The average molecular weight is 238 g/mol. The summed E-state index contributed by atoms with van der Waals surface area (Å²) in [5.41, 5.74) is 0.487. The fraction of sp³-hybridized carbons (Fsp3) is 1.00. The number of hydrogen-bond acceptors (Lipinski definition) is 2. The van der Waals surface area contributed by atoms with Gasteiger partial charge in [0, 0.05) is 6.04 Å². The number of hydrogen-bond donors (Lipinski definition) is 1. The number of nitrogens with zero attached hydrogens (tertiary/aromatic N) is 1. The van der Waals surface area contributed by atoms with Crippen LogP contribution in [-0.4, -0.2) is 37.1 Å². The summed E-state index contributed by atoms with van der Waals surface area (Å²) in [6.45, 7) is 12.2. The van der Waals surface area contributed by atoms with Crippen LogP contribution in [-0.2, 0) is 0 Å². The fourth-order valence-corrected chi connectivity index (χ4v) is 2.51. The maximum atomic E-state index is 3.75. The molecule has 0 aromatic rings. The van der Waals surface area contributed by atoms with Crippen molar-refractivity contribution in [2.24, 2.45) is 11.3 Å². The highest BCUT2D eigenvalue weighted by atomic mass is 15.1. The number of nitrogens with one attached hydrogen (secondary N) is 1. The molecule has 1 heterocycles. The Morgan fingerprint density at radius 2 is 1.71 bits per heavy atom. The summed E-state index contributed by atoms with van der Waals surface area (Å²) < 4.78 is 0. The molecule has 0 unspecified atom stereocenters. The average Bonchev–Trinajstić information content (AvgIpc) is 3.08. The van der Waals surface area contributed by atoms with Crippen LogP contribution in [0.5, 0.6) is 0 Å². The lowest BCUT2D eigenvalue weighted by atomic mass is 9.91. The largest absolute Gasteiger partial charge is 0.314 e. The molecule has 2 rings (SSSR count). The zero-order valence-corrected chi connectivity index (χ0v) is 12.0. The number of piperidine rings is 1. The lowest BCUT2D eigenvalue weighted by Gasteiger charge is -2.34. The molecule has 1 aliphatic carbocycles. The van der Waals surface area contributed by atoms with E-state index in [1.165, 1.54) is 58.3 Å². The Morgan fingerprint density at radius 1 is 1.06 bits per heavy atom. The first-order chi connectivity index (χ1) is 8.03. The maximum absolute atomic E-state index is 3.75. The lowest BCUT2D eigenvalue weighted by molar-refractivity contribution is 0.174. The molecule has 1 N–H and O–H groups in total. The van der Waals surface area contributed by atoms with Crippen molar-refractivity contribution in [3.8, 4) is 0 Å². The van der Waals surface area contributed by atoms with Gasteiger partial charge in [-0.05, 0) is 69.6 Å². The van der Waals surface area contributed by atoms with Crippen LogP contribution in [0.4, 0.5) is 0 Å². The Hall–Kier alpha value is -0.0800. The van der Waals surface area contributed by atoms with Gasteiger partial charge in [0.05, 0.1) is 0 Å². The minimum absolute atomic E-state index is 0.487. The monoisotopic (exact) mass is 238 g/mol. The first kappa shape index (κ1) is 13.4. The first-order valence-corrected chi connectivity index (χ1v) is 7.49. The van der Waals surface area contributed by atoms with E-state index < -0.39 is 0 Å². The zero-order valence-electron chi connectivity index (χ0n) is 12.0. The zero-order chi connectivity index (χ0) is 12.3. The summed E-state index contributed by atoms with van der Waals surface area (Å²) in [5, 5.41) is 3.75. The second-order valence-electron chi connectivity index (χ2n) is 7.28. The van der Waals surface area contributed by atoms with Crippen molar-refractivity contribution < 1.29 is 0 Å². The van der Waals surface area contributed by atoms with Gasteiger partial charge in [0.1, 0.15) is 0 Å². The molecule has 100 valence electrons. The van der Waals surface area contributed by atoms with E-state index in [1.54, 1.807) is 0 Å². The smallest absolute Gasteiger partial charge is 0.00915 e. The fourth-order valence-electron chi connectivity index (χ4n) is 2.51. The van der Waals surface area contributed by atoms with E-state index in [1.807, 2.05) is 0 Å². The molecule has 17 heavy (non-hydrogen) atoms. The Bertz CT molecular complexity index is 220. The molecule has 1 aliphatic heterocycles. The molecular formula is C15H30N2. The summed E-state index contributed by atoms with van der Waals surface area (Å²) in [6.07, 6.45) is 6.98. The summed E-state index contributed by atoms with van der Waals surface area (Å²) >= 11 is 0. The van der Waals surface area contributed by atoms with E-state index in [0.717, 1.165) is 12.0 Å². The molecule has 2 fully saturated rings. The highest BCUT2D eigenvalue weighted by Crippen LogP contribution is 2.28. The minimum Gasteiger partial charge on any atom is -0.314 e. The van der Waals surface area contributed by atoms with Crippen molar-refractivity contribution >= 4 is 0 Å². The quantitative estimate of drug-likeness (QED) is 0.792. The van der Waals surface area contributed by atoms with Crippen molar-refractivity contribution in [3.05, 3.63) is 0 Å². The highest BCUT2D eigenvalue weighted by molar-refractivity contribution is 4.82. The van der Waals surface area contributed by atoms with E-state index >= 15 is 0 Å². The van der Waals surface area contributed by atoms with Crippen LogP contribution in [0, 0.1) is 11.3 Å². The second-order valence-corrected chi connectivity index (χ2v) is 7.28. The Balaban J connectivity index is 1.56. The Labute approximate surface area is 107 Å². The highest BCUT2D eigenvalue weighted by Gasteiger charge is 2.24. The summed E-state index contributed by atoms with van der Waals surface area (Å²) in [5.74, 6) is 1.02. The summed E-state index contributed by atoms with van der Waals surface area (Å²) in [4.78, 5) is 2.65. The van der Waals surface area contributed by atoms with Gasteiger partial charge in [0.15, 0.2) is 0 Å². The summed E-state index contributed by atoms with van der Waals surface area (Å²) in [7, 11) is 0. The van der Waals surface area contributed by atoms with Crippen molar-refractivity contribution in [3.63, 3.8) is 0 Å². The normalized spacial score (nSPS) is 24.2. The SMILES string of the molecule is CC(C)(C)CCN1CCC(NCC2CC2)CC1. The predicted octanol–water partition coefficient (Wildman–Crippen LogP) is 2.89. The van der Waals surface area contributed by atoms with Crippen LogP contribution in [0.2, 0.25) is 0 Å². The van der Waals surface area contributed by atoms with Gasteiger partial charge < -0.3 is 10.2 Å². The van der Waals surface area contributed by atoms with Crippen molar-refractivity contribution in [1.82, 2.24) is 10.2 Å². The van der Waals surface area contributed by atoms with Crippen LogP contribution in [0.3, 0.4) is 0 Å². The Morgan fingerprint density at radius 3 is 2.24 bits per heavy atom. The van der Waals surface area contributed by atoms with Gasteiger partial charge in [-0.1, -0.05) is 20.8 Å². The van der Waals surface area contributed by atoms with Gasteiger partial charge in [-0.25, -0.2) is 0 Å². The van der Waals surface area contributed by atoms with Crippen LogP contribution < -0.4 is 5.32 Å². The summed E-state index contributed by atoms with van der Waals surface area (Å²) in [6, 6.07) is 0.807. The molecule has 0 amide bonds. The Kier molecular flexibility index (Phi) is 4.48. The number of rotatable bonds is 5. The van der Waals surface area contributed by atoms with Crippen molar-refractivity contribution in [1.29, 1.82) is 0 Å². The third-order valence-corrected chi connectivity index (χ3v) is 4.16. The van der Waals surface area contributed by atoms with E-state index in [0.29, 0.717) is 5.41 Å². The number of likely N-dealkylation sites (tertiary alicyclic amines) is 1. The molecule has 1 saturated carbocycles. The molecule has 2 nitrogen and oxygen atoms in total. The molecule has 2 heteroatoms. The van der Waals surface area contributed by atoms with Crippen LogP contribution in [0.15, 0.2) is 0 Å². The van der Waals surface area contributed by atoms with Crippen LogP contribution in [0.25, 0.3) is 0 Å². The van der Waals surface area contributed by atoms with Gasteiger partial charge >= 0.3 is 0 Å². The van der Waals surface area contributed by atoms with Gasteiger partial charge in [-0.2, -0.15) is 0 Å². The van der Waals surface area contributed by atoms with Crippen molar-refractivity contribution in [2.75, 3.05) is 26.2 Å². The van der Waals surface area contributed by atoms with Crippen LogP contribution in [0.1, 0.15) is 52.9 Å². The van der Waals surface area contributed by atoms with E-state index in [-0.39, 0.29) is 0 Å². The maximum Gasteiger partial charge on any atom is 0.00915 e. The van der Waals surface area contributed by atoms with Gasteiger partial charge in [-0.15, -0.1) is 0 Å². The molecule has 0 aromatic carbocycles. The molecule has 2 aliphatic rings. The molecule has 1 saturated heterocycles. The second kappa shape index (κ2) is 5.71. The molecular weight excluding hydrogens is 208 g/mol. The van der Waals surface area contributed by atoms with Gasteiger partial charge in [-0.3, -0.25) is 0 Å². The third-order valence-electron chi connectivity index (χ3n) is 4.16. The van der Waals surface area contributed by atoms with Gasteiger partial charge in [0.25, 0.3) is 0 Å². The molecule has 0 radical (unpaired) electrons. The standard InChI is InChI=1S/C15H30N2/c1-15(2,3)8-11-17-9-6-14(7-10-17)16-12-13-4-5-13/h13-14,16H,4-12H2,1-3H3. The molecule has 0 atom stereocenters. The molecule has 0 spiro atoms. The van der Waals surface area contributed by atoms with Gasteiger partial charge in [0.2, 0.25) is 0 Å². The molecule has 0 bridgehead atoms. The lowest BCUT2D eigenvalue weighted by Crippen LogP contribution is -2.43. The van der Waals surface area contributed by atoms with E-state index in [2.05, 4.69) is 31.0 Å². The van der Waals surface area contributed by atoms with E-state index in [9.17, 15) is 0 Å². The topological polar surface area (TPSA) is 15.3 Å². The van der Waals surface area contributed by atoms with Crippen LogP contribution >= 0.6 is 0 Å². The van der Waals surface area contributed by atoms with Crippen molar-refractivity contribution in [2.45, 2.75) is 58.9 Å².